The van der Waals surface area contributed by atoms with Crippen molar-refractivity contribution in [2.24, 2.45) is 4.99 Å². The molecule has 1 unspecified atom stereocenters. The fourth-order valence-corrected chi connectivity index (χ4v) is 5.27. The van der Waals surface area contributed by atoms with Crippen molar-refractivity contribution in [3.8, 4) is 16.8 Å². The van der Waals surface area contributed by atoms with Crippen molar-refractivity contribution in [3.05, 3.63) is 107 Å². The molecule has 5 rings (SSSR count). The summed E-state index contributed by atoms with van der Waals surface area (Å²) in [4.78, 5) is 26.4. The van der Waals surface area contributed by atoms with Crippen LogP contribution in [-0.2, 0) is 0 Å². The van der Waals surface area contributed by atoms with Crippen molar-refractivity contribution >= 4 is 28.9 Å². The Labute approximate surface area is 220 Å². The molecule has 37 heavy (non-hydrogen) atoms. The maximum absolute atomic E-state index is 13.7. The number of hydrogen-bond donors (Lipinski definition) is 1. The zero-order chi connectivity index (χ0) is 25.6. The molecule has 2 heterocycles. The van der Waals surface area contributed by atoms with Crippen molar-refractivity contribution in [1.29, 1.82) is 5.26 Å². The maximum atomic E-state index is 13.7. The van der Waals surface area contributed by atoms with Gasteiger partial charge >= 0.3 is 0 Å². The number of nitrogens with one attached hydrogen (secondary N) is 1. The molecule has 0 radical (unpaired) electrons. The van der Waals surface area contributed by atoms with Crippen LogP contribution in [0.3, 0.4) is 0 Å². The number of anilines is 1. The average Bonchev–Trinajstić information content (AvgIpc) is 3.45. The molecule has 1 saturated heterocycles. The molecule has 0 bridgehead atoms. The number of carbonyl (C=O) groups excluding carboxylic acids is 1. The molecule has 0 spiro atoms. The summed E-state index contributed by atoms with van der Waals surface area (Å²) < 4.78 is 0. The molecule has 8 heteroatoms. The van der Waals surface area contributed by atoms with E-state index in [-0.39, 0.29) is 11.9 Å². The van der Waals surface area contributed by atoms with E-state index in [2.05, 4.69) is 15.3 Å². The van der Waals surface area contributed by atoms with Crippen molar-refractivity contribution < 1.29 is 4.79 Å². The van der Waals surface area contributed by atoms with Gasteiger partial charge in [0.1, 0.15) is 10.7 Å². The number of hydrogen-bond acceptors (Lipinski definition) is 5. The first-order chi connectivity index (χ1) is 18.1. The molecule has 1 aromatic heterocycles. The number of carbonyl (C=O) groups is 1. The zero-order valence-electron chi connectivity index (χ0n) is 20.4. The number of nitriles is 1. The third-order valence-corrected chi connectivity index (χ3v) is 7.31. The Kier molecular flexibility index (Phi) is 7.24. The summed E-state index contributed by atoms with van der Waals surface area (Å²) in [5, 5.41) is 15.4. The average molecular weight is 507 g/mol. The van der Waals surface area contributed by atoms with Crippen LogP contribution in [0.25, 0.3) is 10.6 Å². The Balaban J connectivity index is 1.42. The van der Waals surface area contributed by atoms with Crippen LogP contribution in [0.15, 0.2) is 95.3 Å². The van der Waals surface area contributed by atoms with E-state index in [9.17, 15) is 10.1 Å². The summed E-state index contributed by atoms with van der Waals surface area (Å²) in [5.74, 6) is 0.377. The number of nitrogens with zero attached hydrogens (tertiary/aromatic N) is 5. The number of aromatic nitrogens is 1. The molecule has 184 valence electrons. The number of benzene rings is 3. The highest BCUT2D eigenvalue weighted by Crippen LogP contribution is 2.30. The maximum Gasteiger partial charge on any atom is 0.273 e. The van der Waals surface area contributed by atoms with E-state index >= 15 is 0 Å². The fraction of sp³-hybridized carbons (Fsp3) is 0.172. The summed E-state index contributed by atoms with van der Waals surface area (Å²) in [6.07, 6.45) is 1.93. The number of aryl methyl sites for hydroxylation is 1. The lowest BCUT2D eigenvalue weighted by Crippen LogP contribution is -2.53. The topological polar surface area (TPSA) is 84.6 Å². The number of guanidine groups is 1. The van der Waals surface area contributed by atoms with Crippen LogP contribution in [0.4, 0.5) is 5.69 Å². The van der Waals surface area contributed by atoms with Gasteiger partial charge < -0.3 is 15.1 Å². The summed E-state index contributed by atoms with van der Waals surface area (Å²) >= 11 is 1.47. The molecule has 1 aliphatic rings. The first kappa shape index (κ1) is 24.2. The van der Waals surface area contributed by atoms with E-state index in [0.29, 0.717) is 31.3 Å². The molecule has 0 saturated carbocycles. The first-order valence-corrected chi connectivity index (χ1v) is 12.9. The first-order valence-electron chi connectivity index (χ1n) is 12.1. The minimum Gasteiger partial charge on any atom is -0.338 e. The number of para-hydroxylation sites is 1. The summed E-state index contributed by atoms with van der Waals surface area (Å²) in [6, 6.07) is 27.5. The second kappa shape index (κ2) is 11.1. The molecule has 1 fully saturated rings. The van der Waals surface area contributed by atoms with Gasteiger partial charge in [-0.2, -0.15) is 5.26 Å². The third-order valence-electron chi connectivity index (χ3n) is 6.42. The molecule has 0 aliphatic carbocycles. The second-order valence-corrected chi connectivity index (χ2v) is 9.61. The molecule has 1 aliphatic heterocycles. The zero-order valence-corrected chi connectivity index (χ0v) is 21.2. The lowest BCUT2D eigenvalue weighted by atomic mass is 10.0. The van der Waals surface area contributed by atoms with Crippen LogP contribution in [0.1, 0.15) is 27.7 Å². The molecular formula is C29H26N6OS. The van der Waals surface area contributed by atoms with Crippen molar-refractivity contribution in [2.45, 2.75) is 13.0 Å². The van der Waals surface area contributed by atoms with Gasteiger partial charge in [-0.3, -0.25) is 4.79 Å². The van der Waals surface area contributed by atoms with Gasteiger partial charge in [0, 0.05) is 36.3 Å². The number of amides is 1. The van der Waals surface area contributed by atoms with Crippen molar-refractivity contribution in [3.63, 3.8) is 0 Å². The van der Waals surface area contributed by atoms with Gasteiger partial charge in [-0.1, -0.05) is 78.9 Å². The van der Waals surface area contributed by atoms with Gasteiger partial charge in [0.2, 0.25) is 12.2 Å². The van der Waals surface area contributed by atoms with Crippen LogP contribution < -0.4 is 5.32 Å². The molecular weight excluding hydrogens is 480 g/mol. The second-order valence-electron chi connectivity index (χ2n) is 8.75. The normalized spacial score (nSPS) is 15.8. The van der Waals surface area contributed by atoms with Crippen LogP contribution in [0, 0.1) is 18.4 Å². The molecule has 3 aromatic carbocycles. The molecule has 1 N–H and O–H groups in total. The summed E-state index contributed by atoms with van der Waals surface area (Å²) in [7, 11) is 0. The van der Waals surface area contributed by atoms with E-state index in [4.69, 9.17) is 0 Å². The Morgan fingerprint density at radius 3 is 2.46 bits per heavy atom. The number of rotatable bonds is 4. The highest BCUT2D eigenvalue weighted by atomic mass is 32.1. The monoisotopic (exact) mass is 506 g/mol. The van der Waals surface area contributed by atoms with E-state index in [1.807, 2.05) is 113 Å². The molecule has 7 nitrogen and oxygen atoms in total. The van der Waals surface area contributed by atoms with Gasteiger partial charge in [-0.15, -0.1) is 16.3 Å². The van der Waals surface area contributed by atoms with E-state index < -0.39 is 0 Å². The van der Waals surface area contributed by atoms with Crippen LogP contribution >= 0.6 is 11.3 Å². The van der Waals surface area contributed by atoms with E-state index in [1.54, 1.807) is 0 Å². The quantitative estimate of drug-likeness (QED) is 0.222. The van der Waals surface area contributed by atoms with Crippen LogP contribution in [0.2, 0.25) is 0 Å². The van der Waals surface area contributed by atoms with Gasteiger partial charge in [0.25, 0.3) is 5.91 Å². The lowest BCUT2D eigenvalue weighted by Gasteiger charge is -2.42. The summed E-state index contributed by atoms with van der Waals surface area (Å²) in [5.41, 5.74) is 4.41. The standard InChI is InChI=1S/C29H26N6OS/c1-21-10-8-9-15-24(21)33-29(31-20-30)34-16-17-35(26(18-34)22-11-4-2-5-12-22)28(36)25-19-37-27(32-25)23-13-6-3-7-14-23/h2-15,19,26H,16-18H2,1H3,(H,31,33). The number of aliphatic imine (C=N–C) groups is 1. The lowest BCUT2D eigenvalue weighted by molar-refractivity contribution is 0.0545. The minimum absolute atomic E-state index is 0.0995. The smallest absolute Gasteiger partial charge is 0.273 e. The Bertz CT molecular complexity index is 1440. The Hall–Kier alpha value is -4.48. The SMILES string of the molecule is Cc1ccccc1N/C(=N/C#N)N1CCN(C(=O)c2csc(-c3ccccc3)n2)C(c2ccccc2)C1. The third kappa shape index (κ3) is 5.37. The van der Waals surface area contributed by atoms with E-state index in [0.717, 1.165) is 27.4 Å². The highest BCUT2D eigenvalue weighted by molar-refractivity contribution is 7.13. The van der Waals surface area contributed by atoms with Gasteiger partial charge in [-0.05, 0) is 24.1 Å². The van der Waals surface area contributed by atoms with E-state index in [1.165, 1.54) is 11.3 Å². The summed E-state index contributed by atoms with van der Waals surface area (Å²) in [6.45, 7) is 3.50. The molecule has 1 atom stereocenters. The molecule has 4 aromatic rings. The fourth-order valence-electron chi connectivity index (χ4n) is 4.47. The largest absolute Gasteiger partial charge is 0.338 e. The van der Waals surface area contributed by atoms with Gasteiger partial charge in [-0.25, -0.2) is 4.98 Å². The van der Waals surface area contributed by atoms with Crippen LogP contribution in [-0.4, -0.2) is 46.3 Å². The van der Waals surface area contributed by atoms with Crippen LogP contribution in [0.5, 0.6) is 0 Å². The minimum atomic E-state index is -0.230. The molecule has 1 amide bonds. The van der Waals surface area contributed by atoms with Crippen molar-refractivity contribution in [2.75, 3.05) is 25.0 Å². The Morgan fingerprint density at radius 2 is 1.73 bits per heavy atom. The van der Waals surface area contributed by atoms with Gasteiger partial charge in [0.05, 0.1) is 6.04 Å². The van der Waals surface area contributed by atoms with Crippen molar-refractivity contribution in [1.82, 2.24) is 14.8 Å². The number of piperazine rings is 1. The number of thiazole rings is 1. The highest BCUT2D eigenvalue weighted by Gasteiger charge is 2.34. The predicted molar refractivity (Wildman–Crippen MR) is 147 cm³/mol. The Morgan fingerprint density at radius 1 is 1.03 bits per heavy atom. The van der Waals surface area contributed by atoms with Gasteiger partial charge in [0.15, 0.2) is 0 Å². The predicted octanol–water partition coefficient (Wildman–Crippen LogP) is 5.57.